The van der Waals surface area contributed by atoms with Crippen molar-refractivity contribution >= 4 is 17.8 Å². The number of esters is 1. The second-order valence-electron chi connectivity index (χ2n) is 9.16. The van der Waals surface area contributed by atoms with Gasteiger partial charge in [0.1, 0.15) is 6.10 Å². The van der Waals surface area contributed by atoms with E-state index >= 15 is 0 Å². The maximum absolute atomic E-state index is 11.8. The summed E-state index contributed by atoms with van der Waals surface area (Å²) in [7, 11) is 0. The third-order valence-corrected chi connectivity index (χ3v) is 6.42. The average molecular weight is 465 g/mol. The van der Waals surface area contributed by atoms with E-state index in [-0.39, 0.29) is 24.3 Å². The predicted molar refractivity (Wildman–Crippen MR) is 123 cm³/mol. The summed E-state index contributed by atoms with van der Waals surface area (Å²) in [5.41, 5.74) is 0. The van der Waals surface area contributed by atoms with Gasteiger partial charge in [-0.1, -0.05) is 19.3 Å². The molecule has 3 aliphatic heterocycles. The fourth-order valence-electron chi connectivity index (χ4n) is 4.37. The van der Waals surface area contributed by atoms with Gasteiger partial charge in [0.2, 0.25) is 11.8 Å². The number of hydrogen-bond acceptors (Lipinski definition) is 6. The van der Waals surface area contributed by atoms with Crippen molar-refractivity contribution in [2.75, 3.05) is 39.4 Å². The zero-order valence-electron chi connectivity index (χ0n) is 19.9. The topological polar surface area (TPSA) is 88.7 Å². The van der Waals surface area contributed by atoms with Crippen LogP contribution in [0.5, 0.6) is 0 Å². The Balaban J connectivity index is 1.08. The van der Waals surface area contributed by atoms with Crippen LogP contribution < -0.4 is 0 Å². The van der Waals surface area contributed by atoms with Gasteiger partial charge in [-0.05, 0) is 51.0 Å². The second kappa shape index (κ2) is 14.4. The lowest BCUT2D eigenvalue weighted by atomic mass is 10.2. The van der Waals surface area contributed by atoms with Gasteiger partial charge in [0.15, 0.2) is 6.29 Å². The molecule has 186 valence electrons. The van der Waals surface area contributed by atoms with E-state index in [1.807, 2.05) is 9.80 Å². The first-order chi connectivity index (χ1) is 16.1. The molecule has 8 nitrogen and oxygen atoms in total. The van der Waals surface area contributed by atoms with Crippen LogP contribution in [-0.4, -0.2) is 79.4 Å². The van der Waals surface area contributed by atoms with Gasteiger partial charge >= 0.3 is 5.97 Å². The molecule has 0 radical (unpaired) electrons. The van der Waals surface area contributed by atoms with Crippen molar-refractivity contribution in [2.24, 2.45) is 0 Å². The van der Waals surface area contributed by atoms with Crippen molar-refractivity contribution in [2.45, 2.75) is 89.4 Å². The fourth-order valence-corrected chi connectivity index (χ4v) is 4.37. The SMILES string of the molecule is O=C(/C=C\C1O[C@H]1OCCCCCCN1CCCC1=O)OCCCCCCN1CCCC1=O. The molecule has 2 atom stereocenters. The number of ether oxygens (including phenoxy) is 3. The zero-order valence-corrected chi connectivity index (χ0v) is 19.9. The van der Waals surface area contributed by atoms with Crippen molar-refractivity contribution in [1.29, 1.82) is 0 Å². The van der Waals surface area contributed by atoms with Gasteiger partial charge in [0, 0.05) is 51.7 Å². The molecule has 0 aromatic rings. The molecule has 0 spiro atoms. The molecule has 3 saturated heterocycles. The lowest BCUT2D eigenvalue weighted by Gasteiger charge is -2.14. The number of carbonyl (C=O) groups is 3. The average Bonchev–Trinajstić information content (AvgIpc) is 3.23. The van der Waals surface area contributed by atoms with Crippen LogP contribution in [0.4, 0.5) is 0 Å². The maximum Gasteiger partial charge on any atom is 0.330 e. The van der Waals surface area contributed by atoms with Crippen LogP contribution in [0.25, 0.3) is 0 Å². The number of likely N-dealkylation sites (tertiary alicyclic amines) is 2. The monoisotopic (exact) mass is 464 g/mol. The van der Waals surface area contributed by atoms with Gasteiger partial charge in [-0.15, -0.1) is 0 Å². The molecule has 2 amide bonds. The third-order valence-electron chi connectivity index (χ3n) is 6.42. The lowest BCUT2D eigenvalue weighted by Crippen LogP contribution is -2.25. The van der Waals surface area contributed by atoms with Crippen molar-refractivity contribution < 1.29 is 28.6 Å². The first kappa shape index (κ1) is 25.7. The molecule has 0 bridgehead atoms. The summed E-state index contributed by atoms with van der Waals surface area (Å²) in [6.07, 6.45) is 14.2. The summed E-state index contributed by atoms with van der Waals surface area (Å²) in [5.74, 6) is 0.240. The van der Waals surface area contributed by atoms with Gasteiger partial charge in [-0.3, -0.25) is 9.59 Å². The molecule has 3 rings (SSSR count). The number of carbonyl (C=O) groups excluding carboxylic acids is 3. The van der Waals surface area contributed by atoms with Crippen molar-refractivity contribution in [1.82, 2.24) is 9.80 Å². The van der Waals surface area contributed by atoms with Crippen molar-refractivity contribution in [3.8, 4) is 0 Å². The largest absolute Gasteiger partial charge is 0.463 e. The smallest absolute Gasteiger partial charge is 0.330 e. The summed E-state index contributed by atoms with van der Waals surface area (Å²) in [4.78, 5) is 38.8. The number of amides is 2. The Morgan fingerprint density at radius 1 is 0.848 bits per heavy atom. The predicted octanol–water partition coefficient (Wildman–Crippen LogP) is 3.19. The van der Waals surface area contributed by atoms with E-state index in [2.05, 4.69) is 0 Å². The molecule has 0 aliphatic carbocycles. The molecule has 0 saturated carbocycles. The Morgan fingerprint density at radius 2 is 1.42 bits per heavy atom. The summed E-state index contributed by atoms with van der Waals surface area (Å²) >= 11 is 0. The van der Waals surface area contributed by atoms with Crippen LogP contribution >= 0.6 is 0 Å². The number of hydrogen-bond donors (Lipinski definition) is 0. The fraction of sp³-hybridized carbons (Fsp3) is 0.800. The van der Waals surface area contributed by atoms with E-state index in [9.17, 15) is 14.4 Å². The van der Waals surface area contributed by atoms with E-state index in [0.717, 1.165) is 90.4 Å². The second-order valence-corrected chi connectivity index (χ2v) is 9.16. The quantitative estimate of drug-likeness (QED) is 0.142. The van der Waals surface area contributed by atoms with Crippen LogP contribution in [0.3, 0.4) is 0 Å². The van der Waals surface area contributed by atoms with Crippen molar-refractivity contribution in [3.05, 3.63) is 12.2 Å². The molecule has 0 N–H and O–H groups in total. The molecular formula is C25H40N2O6. The maximum atomic E-state index is 11.8. The number of rotatable bonds is 17. The van der Waals surface area contributed by atoms with Crippen LogP contribution in [0.2, 0.25) is 0 Å². The molecule has 8 heteroatoms. The number of nitrogens with zero attached hydrogens (tertiary/aromatic N) is 2. The van der Waals surface area contributed by atoms with Crippen LogP contribution in [0.15, 0.2) is 12.2 Å². The van der Waals surface area contributed by atoms with Crippen LogP contribution in [-0.2, 0) is 28.6 Å². The highest BCUT2D eigenvalue weighted by Gasteiger charge is 2.37. The summed E-state index contributed by atoms with van der Waals surface area (Å²) in [6.45, 7) is 4.63. The summed E-state index contributed by atoms with van der Waals surface area (Å²) in [5, 5.41) is 0. The molecule has 0 aromatic carbocycles. The molecule has 1 unspecified atom stereocenters. The first-order valence-electron chi connectivity index (χ1n) is 12.8. The van der Waals surface area contributed by atoms with E-state index in [1.165, 1.54) is 6.08 Å². The molecule has 0 aromatic heterocycles. The molecular weight excluding hydrogens is 424 g/mol. The Hall–Kier alpha value is -1.93. The minimum absolute atomic E-state index is 0.160. The van der Waals surface area contributed by atoms with Gasteiger partial charge < -0.3 is 24.0 Å². The van der Waals surface area contributed by atoms with Gasteiger partial charge in [0.25, 0.3) is 0 Å². The first-order valence-corrected chi connectivity index (χ1v) is 12.8. The third kappa shape index (κ3) is 9.84. The van der Waals surface area contributed by atoms with E-state index in [0.29, 0.717) is 32.0 Å². The highest BCUT2D eigenvalue weighted by Crippen LogP contribution is 2.25. The summed E-state index contributed by atoms with van der Waals surface area (Å²) in [6, 6.07) is 0. The van der Waals surface area contributed by atoms with Crippen LogP contribution in [0.1, 0.15) is 77.0 Å². The van der Waals surface area contributed by atoms with Crippen molar-refractivity contribution in [3.63, 3.8) is 0 Å². The number of unbranched alkanes of at least 4 members (excludes halogenated alkanes) is 6. The number of epoxide rings is 1. The highest BCUT2D eigenvalue weighted by molar-refractivity contribution is 5.82. The van der Waals surface area contributed by atoms with E-state index in [1.54, 1.807) is 6.08 Å². The zero-order chi connectivity index (χ0) is 23.3. The van der Waals surface area contributed by atoms with E-state index in [4.69, 9.17) is 14.2 Å². The lowest BCUT2D eigenvalue weighted by molar-refractivity contribution is -0.138. The minimum Gasteiger partial charge on any atom is -0.463 e. The molecule has 3 fully saturated rings. The molecule has 3 heterocycles. The Kier molecular flexibility index (Phi) is 11.2. The minimum atomic E-state index is -0.344. The standard InChI is InChI=1S/C25H40N2O6/c28-22-11-9-17-26(22)15-5-1-3-7-19-31-24(30)14-13-21-25(33-21)32-20-8-4-2-6-16-27-18-10-12-23(27)29/h13-14,21,25H,1-12,15-20H2/b14-13-/t21?,25-/m1/s1. The normalized spacial score (nSPS) is 22.7. The highest BCUT2D eigenvalue weighted by atomic mass is 16.8. The van der Waals surface area contributed by atoms with Gasteiger partial charge in [0.05, 0.1) is 6.61 Å². The van der Waals surface area contributed by atoms with Gasteiger partial charge in [-0.2, -0.15) is 0 Å². The van der Waals surface area contributed by atoms with Crippen LogP contribution in [0, 0.1) is 0 Å². The van der Waals surface area contributed by atoms with Gasteiger partial charge in [-0.25, -0.2) is 4.79 Å². The summed E-state index contributed by atoms with van der Waals surface area (Å²) < 4.78 is 16.3. The Morgan fingerprint density at radius 3 is 2.00 bits per heavy atom. The Labute approximate surface area is 197 Å². The van der Waals surface area contributed by atoms with E-state index < -0.39 is 0 Å². The molecule has 33 heavy (non-hydrogen) atoms. The Bertz CT molecular complexity index is 667. The molecule has 3 aliphatic rings.